The van der Waals surface area contributed by atoms with Crippen molar-refractivity contribution in [3.05, 3.63) is 58.6 Å². The second kappa shape index (κ2) is 4.82. The molecule has 0 aromatic heterocycles. The summed E-state index contributed by atoms with van der Waals surface area (Å²) < 4.78 is 25.9. The molecule has 0 saturated carbocycles. The zero-order valence-electron chi connectivity index (χ0n) is 8.88. The van der Waals surface area contributed by atoms with Gasteiger partial charge in [-0.05, 0) is 34.9 Å². The van der Waals surface area contributed by atoms with Gasteiger partial charge in [-0.25, -0.2) is 8.78 Å². The van der Waals surface area contributed by atoms with Crippen LogP contribution in [0.4, 0.5) is 8.78 Å². The average molecular weight is 254 g/mol. The number of rotatable bonds is 2. The van der Waals surface area contributed by atoms with Crippen LogP contribution in [0.3, 0.4) is 0 Å². The summed E-state index contributed by atoms with van der Waals surface area (Å²) in [6, 6.07) is 8.99. The van der Waals surface area contributed by atoms with Crippen LogP contribution in [0.2, 0.25) is 5.02 Å². The van der Waals surface area contributed by atoms with Crippen LogP contribution in [0, 0.1) is 11.6 Å². The zero-order valence-corrected chi connectivity index (χ0v) is 9.64. The Kier molecular flexibility index (Phi) is 3.41. The molecule has 0 atom stereocenters. The van der Waals surface area contributed by atoms with Gasteiger partial charge in [-0.15, -0.1) is 0 Å². The van der Waals surface area contributed by atoms with Crippen LogP contribution >= 0.6 is 11.6 Å². The normalized spacial score (nSPS) is 10.6. The SMILES string of the molecule is NCc1ccc(-c2ccc(F)c(F)c2)cc1Cl. The monoisotopic (exact) mass is 253 g/mol. The first-order valence-corrected chi connectivity index (χ1v) is 5.43. The van der Waals surface area contributed by atoms with Gasteiger partial charge in [-0.1, -0.05) is 29.8 Å². The molecule has 0 heterocycles. The first-order valence-electron chi connectivity index (χ1n) is 5.05. The molecule has 4 heteroatoms. The Balaban J connectivity index is 2.46. The van der Waals surface area contributed by atoms with Gasteiger partial charge in [-0.2, -0.15) is 0 Å². The number of hydrogen-bond acceptors (Lipinski definition) is 1. The molecular formula is C13H10ClF2N. The molecule has 88 valence electrons. The Morgan fingerprint density at radius 2 is 1.59 bits per heavy atom. The van der Waals surface area contributed by atoms with Gasteiger partial charge in [0.1, 0.15) is 0 Å². The highest BCUT2D eigenvalue weighted by Crippen LogP contribution is 2.26. The van der Waals surface area contributed by atoms with Crippen molar-refractivity contribution in [3.8, 4) is 11.1 Å². The average Bonchev–Trinajstić information content (AvgIpc) is 2.32. The fourth-order valence-corrected chi connectivity index (χ4v) is 1.83. The third-order valence-corrected chi connectivity index (χ3v) is 2.88. The van der Waals surface area contributed by atoms with Crippen molar-refractivity contribution in [1.82, 2.24) is 0 Å². The van der Waals surface area contributed by atoms with E-state index >= 15 is 0 Å². The van der Waals surface area contributed by atoms with Crippen LogP contribution in [0.25, 0.3) is 11.1 Å². The first kappa shape index (κ1) is 12.0. The third kappa shape index (κ3) is 2.46. The minimum Gasteiger partial charge on any atom is -0.326 e. The van der Waals surface area contributed by atoms with Gasteiger partial charge < -0.3 is 5.73 Å². The Morgan fingerprint density at radius 1 is 0.941 bits per heavy atom. The predicted octanol–water partition coefficient (Wildman–Crippen LogP) is 3.74. The molecule has 0 fully saturated rings. The van der Waals surface area contributed by atoms with Gasteiger partial charge in [0.05, 0.1) is 0 Å². The highest BCUT2D eigenvalue weighted by atomic mass is 35.5. The molecule has 0 saturated heterocycles. The summed E-state index contributed by atoms with van der Waals surface area (Å²) in [7, 11) is 0. The van der Waals surface area contributed by atoms with Crippen molar-refractivity contribution < 1.29 is 8.78 Å². The fraction of sp³-hybridized carbons (Fsp3) is 0.0769. The first-order chi connectivity index (χ1) is 8.11. The number of nitrogens with two attached hydrogens (primary N) is 1. The van der Waals surface area contributed by atoms with Gasteiger partial charge in [-0.3, -0.25) is 0 Å². The maximum absolute atomic E-state index is 13.1. The molecule has 2 rings (SSSR count). The number of benzene rings is 2. The minimum atomic E-state index is -0.874. The van der Waals surface area contributed by atoms with Crippen molar-refractivity contribution in [2.75, 3.05) is 0 Å². The van der Waals surface area contributed by atoms with Gasteiger partial charge in [0.25, 0.3) is 0 Å². The molecule has 0 spiro atoms. The molecule has 0 bridgehead atoms. The third-order valence-electron chi connectivity index (χ3n) is 2.53. The minimum absolute atomic E-state index is 0.344. The summed E-state index contributed by atoms with van der Waals surface area (Å²) in [4.78, 5) is 0. The van der Waals surface area contributed by atoms with Crippen LogP contribution in [-0.2, 0) is 6.54 Å². The van der Waals surface area contributed by atoms with E-state index in [1.807, 2.05) is 0 Å². The molecule has 0 radical (unpaired) electrons. The largest absolute Gasteiger partial charge is 0.326 e. The summed E-state index contributed by atoms with van der Waals surface area (Å²) >= 11 is 6.00. The number of hydrogen-bond donors (Lipinski definition) is 1. The van der Waals surface area contributed by atoms with Crippen LogP contribution < -0.4 is 5.73 Å². The van der Waals surface area contributed by atoms with Crippen LogP contribution in [0.1, 0.15) is 5.56 Å². The summed E-state index contributed by atoms with van der Waals surface area (Å²) in [5.41, 5.74) is 7.61. The lowest BCUT2D eigenvalue weighted by Crippen LogP contribution is -1.97. The van der Waals surface area contributed by atoms with Crippen LogP contribution in [0.5, 0.6) is 0 Å². The van der Waals surface area contributed by atoms with E-state index in [0.29, 0.717) is 17.1 Å². The maximum Gasteiger partial charge on any atom is 0.159 e. The van der Waals surface area contributed by atoms with E-state index in [4.69, 9.17) is 17.3 Å². The molecule has 2 aromatic carbocycles. The molecule has 0 aliphatic rings. The Labute approximate surface area is 103 Å². The molecule has 2 N–H and O–H groups in total. The highest BCUT2D eigenvalue weighted by molar-refractivity contribution is 6.31. The molecule has 17 heavy (non-hydrogen) atoms. The van der Waals surface area contributed by atoms with E-state index in [2.05, 4.69) is 0 Å². The molecule has 2 aromatic rings. The smallest absolute Gasteiger partial charge is 0.159 e. The highest BCUT2D eigenvalue weighted by Gasteiger charge is 2.06. The lowest BCUT2D eigenvalue weighted by molar-refractivity contribution is 0.509. The van der Waals surface area contributed by atoms with Gasteiger partial charge in [0.15, 0.2) is 11.6 Å². The Hall–Kier alpha value is -1.45. The van der Waals surface area contributed by atoms with E-state index in [9.17, 15) is 8.78 Å². The van der Waals surface area contributed by atoms with Crippen molar-refractivity contribution in [3.63, 3.8) is 0 Å². The second-order valence-corrected chi connectivity index (χ2v) is 4.05. The van der Waals surface area contributed by atoms with Crippen LogP contribution in [0.15, 0.2) is 36.4 Å². The molecule has 0 amide bonds. The zero-order chi connectivity index (χ0) is 12.4. The maximum atomic E-state index is 13.1. The van der Waals surface area contributed by atoms with Crippen LogP contribution in [-0.4, -0.2) is 0 Å². The summed E-state index contributed by atoms with van der Waals surface area (Å²) in [6.45, 7) is 0.344. The molecule has 0 unspecified atom stereocenters. The van der Waals surface area contributed by atoms with Gasteiger partial charge >= 0.3 is 0 Å². The summed E-state index contributed by atoms with van der Waals surface area (Å²) in [5, 5.41) is 0.523. The van der Waals surface area contributed by atoms with Crippen molar-refractivity contribution >= 4 is 11.6 Å². The van der Waals surface area contributed by atoms with E-state index < -0.39 is 11.6 Å². The molecule has 0 aliphatic carbocycles. The molecule has 1 nitrogen and oxygen atoms in total. The Morgan fingerprint density at radius 3 is 2.18 bits per heavy atom. The summed E-state index contributed by atoms with van der Waals surface area (Å²) in [6.07, 6.45) is 0. The van der Waals surface area contributed by atoms with E-state index in [0.717, 1.165) is 23.3 Å². The van der Waals surface area contributed by atoms with E-state index in [-0.39, 0.29) is 0 Å². The van der Waals surface area contributed by atoms with Gasteiger partial charge in [0.2, 0.25) is 0 Å². The van der Waals surface area contributed by atoms with E-state index in [1.165, 1.54) is 6.07 Å². The molecule has 0 aliphatic heterocycles. The predicted molar refractivity (Wildman–Crippen MR) is 64.7 cm³/mol. The van der Waals surface area contributed by atoms with Crippen molar-refractivity contribution in [2.24, 2.45) is 5.73 Å². The van der Waals surface area contributed by atoms with Crippen molar-refractivity contribution in [2.45, 2.75) is 6.54 Å². The topological polar surface area (TPSA) is 26.0 Å². The standard InChI is InChI=1S/C13H10ClF2N/c14-11-5-8(1-2-10(11)7-17)9-3-4-12(15)13(16)6-9/h1-6H,7,17H2. The lowest BCUT2D eigenvalue weighted by atomic mass is 10.0. The quantitative estimate of drug-likeness (QED) is 0.867. The summed E-state index contributed by atoms with van der Waals surface area (Å²) in [5.74, 6) is -1.74. The Bertz CT molecular complexity index is 555. The van der Waals surface area contributed by atoms with Crippen molar-refractivity contribution in [1.29, 1.82) is 0 Å². The van der Waals surface area contributed by atoms with E-state index in [1.54, 1.807) is 18.2 Å². The lowest BCUT2D eigenvalue weighted by Gasteiger charge is -2.06. The van der Waals surface area contributed by atoms with Gasteiger partial charge in [0, 0.05) is 11.6 Å². The number of halogens is 3. The fourth-order valence-electron chi connectivity index (χ4n) is 1.57. The second-order valence-electron chi connectivity index (χ2n) is 3.64. The molecular weight excluding hydrogens is 244 g/mol.